The number of hydrogen-bond acceptors (Lipinski definition) is 5. The normalized spacial score (nSPS) is 11.3. The lowest BCUT2D eigenvalue weighted by Crippen LogP contribution is -2.20. The predicted octanol–water partition coefficient (Wildman–Crippen LogP) is 7.07. The Morgan fingerprint density at radius 2 is 1.61 bits per heavy atom. The molecule has 0 radical (unpaired) electrons. The standard InChI is InChI=1S/C36H32FN5O4/c1-23-12-13-24(2)42(23)26-14-16-27(17-15-26)45-22-28-18-19-34(46-28)36(44)40-38-20-30-25(3)41(33-11-7-4-8-29(30)33)21-35(43)39-32-10-6-5-9-31(32)37/h4-20H,21-22H2,1-3H3,(H,39,43)(H,40,44)/b38-20+. The largest absolute Gasteiger partial charge is 0.486 e. The number of ether oxygens (including phenoxy) is 1. The zero-order valence-corrected chi connectivity index (χ0v) is 25.6. The number of para-hydroxylation sites is 2. The van der Waals surface area contributed by atoms with E-state index in [1.165, 1.54) is 18.3 Å². The third kappa shape index (κ3) is 6.32. The molecular weight excluding hydrogens is 585 g/mol. The van der Waals surface area contributed by atoms with Gasteiger partial charge >= 0.3 is 5.91 Å². The number of hydrazone groups is 1. The maximum Gasteiger partial charge on any atom is 0.307 e. The molecule has 0 spiro atoms. The fraction of sp³-hybridized carbons (Fsp3) is 0.139. The molecule has 46 heavy (non-hydrogen) atoms. The van der Waals surface area contributed by atoms with Crippen molar-refractivity contribution in [2.45, 2.75) is 33.9 Å². The van der Waals surface area contributed by atoms with E-state index < -0.39 is 11.7 Å². The smallest absolute Gasteiger partial charge is 0.307 e. The van der Waals surface area contributed by atoms with Crippen LogP contribution >= 0.6 is 0 Å². The summed E-state index contributed by atoms with van der Waals surface area (Å²) in [5.74, 6) is -0.139. The maximum atomic E-state index is 14.0. The van der Waals surface area contributed by atoms with E-state index in [2.05, 4.69) is 46.4 Å². The van der Waals surface area contributed by atoms with Crippen LogP contribution in [0.25, 0.3) is 16.6 Å². The van der Waals surface area contributed by atoms with Crippen LogP contribution in [0.2, 0.25) is 0 Å². The first kappa shape index (κ1) is 30.1. The van der Waals surface area contributed by atoms with Crippen molar-refractivity contribution >= 4 is 34.6 Å². The zero-order valence-electron chi connectivity index (χ0n) is 25.6. The Hall–Kier alpha value is -5.90. The molecule has 2 N–H and O–H groups in total. The number of hydrogen-bond donors (Lipinski definition) is 2. The highest BCUT2D eigenvalue weighted by Crippen LogP contribution is 2.25. The minimum atomic E-state index is -0.519. The average molecular weight is 618 g/mol. The molecule has 0 aliphatic heterocycles. The van der Waals surface area contributed by atoms with Gasteiger partial charge in [0.05, 0.1) is 11.9 Å². The van der Waals surface area contributed by atoms with Gasteiger partial charge < -0.3 is 23.6 Å². The summed E-state index contributed by atoms with van der Waals surface area (Å²) in [7, 11) is 0. The number of rotatable bonds is 10. The number of amides is 2. The molecule has 0 fully saturated rings. The molecule has 9 nitrogen and oxygen atoms in total. The number of aryl methyl sites for hydroxylation is 2. The van der Waals surface area contributed by atoms with E-state index in [0.717, 1.165) is 39.2 Å². The van der Waals surface area contributed by atoms with Crippen LogP contribution in [-0.4, -0.2) is 27.2 Å². The second-order valence-electron chi connectivity index (χ2n) is 10.8. The van der Waals surface area contributed by atoms with Crippen molar-refractivity contribution in [3.8, 4) is 11.4 Å². The Labute approximate surface area is 264 Å². The minimum absolute atomic E-state index is 0.0330. The zero-order chi connectivity index (χ0) is 32.2. The van der Waals surface area contributed by atoms with Gasteiger partial charge in [-0.3, -0.25) is 9.59 Å². The van der Waals surface area contributed by atoms with Crippen LogP contribution in [0.5, 0.6) is 5.75 Å². The predicted molar refractivity (Wildman–Crippen MR) is 175 cm³/mol. The first-order chi connectivity index (χ1) is 22.3. The summed E-state index contributed by atoms with van der Waals surface area (Å²) in [6.45, 7) is 6.10. The number of carbonyl (C=O) groups excluding carboxylic acids is 2. The van der Waals surface area contributed by atoms with Crippen molar-refractivity contribution in [1.29, 1.82) is 0 Å². The molecule has 3 aromatic carbocycles. The van der Waals surface area contributed by atoms with E-state index in [1.807, 2.05) is 60.0 Å². The summed E-state index contributed by atoms with van der Waals surface area (Å²) in [4.78, 5) is 25.6. The third-order valence-corrected chi connectivity index (χ3v) is 7.72. The monoisotopic (exact) mass is 617 g/mol. The molecule has 3 aromatic heterocycles. The lowest BCUT2D eigenvalue weighted by atomic mass is 10.1. The van der Waals surface area contributed by atoms with Crippen molar-refractivity contribution in [3.63, 3.8) is 0 Å². The van der Waals surface area contributed by atoms with Crippen molar-refractivity contribution in [2.24, 2.45) is 5.10 Å². The number of halogens is 1. The average Bonchev–Trinajstić information content (AvgIpc) is 3.74. The van der Waals surface area contributed by atoms with Gasteiger partial charge in [0.15, 0.2) is 5.76 Å². The van der Waals surface area contributed by atoms with Crippen molar-refractivity contribution < 1.29 is 23.1 Å². The molecule has 0 unspecified atom stereocenters. The molecule has 0 saturated heterocycles. The van der Waals surface area contributed by atoms with Crippen molar-refractivity contribution in [2.75, 3.05) is 5.32 Å². The van der Waals surface area contributed by atoms with Gasteiger partial charge in [0.2, 0.25) is 5.91 Å². The minimum Gasteiger partial charge on any atom is -0.486 e. The molecule has 232 valence electrons. The van der Waals surface area contributed by atoms with Crippen LogP contribution < -0.4 is 15.5 Å². The van der Waals surface area contributed by atoms with E-state index in [1.54, 1.807) is 24.3 Å². The van der Waals surface area contributed by atoms with Gasteiger partial charge in [-0.15, -0.1) is 0 Å². The van der Waals surface area contributed by atoms with E-state index in [9.17, 15) is 14.0 Å². The number of benzene rings is 3. The second kappa shape index (κ2) is 13.0. The highest BCUT2D eigenvalue weighted by molar-refractivity contribution is 6.02. The number of nitrogens with zero attached hydrogens (tertiary/aromatic N) is 3. The lowest BCUT2D eigenvalue weighted by molar-refractivity contribution is -0.116. The highest BCUT2D eigenvalue weighted by atomic mass is 19.1. The molecular formula is C36H32FN5O4. The number of anilines is 1. The van der Waals surface area contributed by atoms with Crippen LogP contribution in [0.3, 0.4) is 0 Å². The van der Waals surface area contributed by atoms with E-state index in [4.69, 9.17) is 9.15 Å². The van der Waals surface area contributed by atoms with E-state index in [0.29, 0.717) is 11.5 Å². The van der Waals surface area contributed by atoms with Crippen LogP contribution in [0.4, 0.5) is 10.1 Å². The number of nitrogens with one attached hydrogen (secondary N) is 2. The summed E-state index contributed by atoms with van der Waals surface area (Å²) in [6, 6.07) is 28.8. The third-order valence-electron chi connectivity index (χ3n) is 7.72. The number of furan rings is 1. The van der Waals surface area contributed by atoms with Gasteiger partial charge in [-0.25, -0.2) is 9.82 Å². The molecule has 6 rings (SSSR count). The summed E-state index contributed by atoms with van der Waals surface area (Å²) >= 11 is 0. The number of carbonyl (C=O) groups is 2. The SMILES string of the molecule is Cc1ccc(C)n1-c1ccc(OCc2ccc(C(=O)N/N=C/c3c(C)n(CC(=O)Nc4ccccc4F)c4ccccc34)o2)cc1. The Kier molecular flexibility index (Phi) is 8.51. The quantitative estimate of drug-likeness (QED) is 0.127. The molecule has 3 heterocycles. The van der Waals surface area contributed by atoms with Gasteiger partial charge in [-0.1, -0.05) is 30.3 Å². The Balaban J connectivity index is 1.08. The van der Waals surface area contributed by atoms with E-state index in [-0.39, 0.29) is 30.5 Å². The molecule has 0 bridgehead atoms. The summed E-state index contributed by atoms with van der Waals surface area (Å²) < 4.78 is 29.6. The molecule has 10 heteroatoms. The van der Waals surface area contributed by atoms with Gasteiger partial charge in [0, 0.05) is 39.2 Å². The second-order valence-corrected chi connectivity index (χ2v) is 10.8. The Bertz CT molecular complexity index is 2050. The van der Waals surface area contributed by atoms with Gasteiger partial charge in [-0.2, -0.15) is 5.10 Å². The molecule has 0 atom stereocenters. The topological polar surface area (TPSA) is 103 Å². The first-order valence-corrected chi connectivity index (χ1v) is 14.7. The van der Waals surface area contributed by atoms with Crippen LogP contribution in [0, 0.1) is 26.6 Å². The lowest BCUT2D eigenvalue weighted by Gasteiger charge is -2.10. The number of fused-ring (bicyclic) bond motifs is 1. The molecule has 2 amide bonds. The van der Waals surface area contributed by atoms with Gasteiger partial charge in [0.25, 0.3) is 0 Å². The first-order valence-electron chi connectivity index (χ1n) is 14.7. The summed E-state index contributed by atoms with van der Waals surface area (Å²) in [6.07, 6.45) is 1.54. The summed E-state index contributed by atoms with van der Waals surface area (Å²) in [5, 5.41) is 7.63. The highest BCUT2D eigenvalue weighted by Gasteiger charge is 2.17. The Morgan fingerprint density at radius 1 is 0.891 bits per heavy atom. The van der Waals surface area contributed by atoms with Gasteiger partial charge in [0.1, 0.15) is 30.5 Å². The molecule has 0 aliphatic carbocycles. The van der Waals surface area contributed by atoms with Crippen LogP contribution in [0.1, 0.15) is 39.0 Å². The summed E-state index contributed by atoms with van der Waals surface area (Å²) in [5.41, 5.74) is 8.27. The van der Waals surface area contributed by atoms with Gasteiger partial charge in [-0.05, 0) is 87.5 Å². The fourth-order valence-electron chi connectivity index (χ4n) is 5.43. The maximum absolute atomic E-state index is 14.0. The fourth-order valence-corrected chi connectivity index (χ4v) is 5.43. The number of aromatic nitrogens is 2. The molecule has 6 aromatic rings. The van der Waals surface area contributed by atoms with Crippen molar-refractivity contribution in [3.05, 3.63) is 137 Å². The van der Waals surface area contributed by atoms with Crippen LogP contribution in [-0.2, 0) is 17.9 Å². The van der Waals surface area contributed by atoms with E-state index >= 15 is 0 Å². The Morgan fingerprint density at radius 3 is 2.37 bits per heavy atom. The van der Waals surface area contributed by atoms with Crippen LogP contribution in [0.15, 0.2) is 107 Å². The van der Waals surface area contributed by atoms with Crippen molar-refractivity contribution in [1.82, 2.24) is 14.6 Å². The molecule has 0 saturated carbocycles. The molecule has 0 aliphatic rings.